The Hall–Kier alpha value is -2.07. The number of unbranched alkanes of at least 4 members (excludes halogenated alkanes) is 31. The number of carbonyl (C=O) groups excluding carboxylic acids is 1. The molecule has 0 aromatic heterocycles. The Labute approximate surface area is 411 Å². The summed E-state index contributed by atoms with van der Waals surface area (Å²) in [6.45, 7) is 3.81. The molecule has 0 aliphatic heterocycles. The summed E-state index contributed by atoms with van der Waals surface area (Å²) in [5.41, 5.74) is 5.38. The fourth-order valence-corrected chi connectivity index (χ4v) is 8.67. The molecular formula is C56H104NO9P. The van der Waals surface area contributed by atoms with Gasteiger partial charge in [-0.05, 0) is 51.4 Å². The number of hydrogen-bond donors (Lipinski definition) is 3. The van der Waals surface area contributed by atoms with E-state index in [4.69, 9.17) is 29.4 Å². The lowest BCUT2D eigenvalue weighted by Crippen LogP contribution is -2.34. The van der Waals surface area contributed by atoms with Crippen LogP contribution >= 0.6 is 7.82 Å². The number of phosphoric ester groups is 1. The van der Waals surface area contributed by atoms with Crippen LogP contribution in [0.5, 0.6) is 0 Å². The van der Waals surface area contributed by atoms with Gasteiger partial charge in [0.05, 0.1) is 19.8 Å². The molecule has 0 bridgehead atoms. The molecule has 0 aromatic rings. The first-order valence-corrected chi connectivity index (χ1v) is 29.2. The second-order valence-electron chi connectivity index (χ2n) is 18.7. The van der Waals surface area contributed by atoms with Crippen LogP contribution in [0, 0.1) is 0 Å². The van der Waals surface area contributed by atoms with Crippen LogP contribution in [0.3, 0.4) is 0 Å². The van der Waals surface area contributed by atoms with Crippen LogP contribution in [0.15, 0.2) is 48.6 Å². The van der Waals surface area contributed by atoms with Crippen molar-refractivity contribution in [2.24, 2.45) is 5.73 Å². The molecule has 0 amide bonds. The second kappa shape index (κ2) is 51.8. The van der Waals surface area contributed by atoms with E-state index in [9.17, 15) is 19.0 Å². The molecule has 4 N–H and O–H groups in total. The number of esters is 1. The van der Waals surface area contributed by atoms with Gasteiger partial charge in [0.1, 0.15) is 12.1 Å². The van der Waals surface area contributed by atoms with Crippen LogP contribution in [-0.2, 0) is 32.7 Å². The third kappa shape index (κ3) is 51.6. The van der Waals surface area contributed by atoms with Gasteiger partial charge < -0.3 is 25.2 Å². The maximum Gasteiger partial charge on any atom is 0.472 e. The van der Waals surface area contributed by atoms with Crippen LogP contribution in [0.2, 0.25) is 0 Å². The Bertz CT molecular complexity index is 1250. The van der Waals surface area contributed by atoms with Gasteiger partial charge >= 0.3 is 19.8 Å². The van der Waals surface area contributed by atoms with Crippen molar-refractivity contribution in [3.63, 3.8) is 0 Å². The van der Waals surface area contributed by atoms with Gasteiger partial charge in [-0.2, -0.15) is 0 Å². The molecule has 0 aliphatic rings. The van der Waals surface area contributed by atoms with Gasteiger partial charge in [-0.15, -0.1) is 0 Å². The van der Waals surface area contributed by atoms with Gasteiger partial charge in [0.15, 0.2) is 0 Å². The van der Waals surface area contributed by atoms with Gasteiger partial charge in [-0.25, -0.2) is 4.57 Å². The number of hydrogen-bond acceptors (Lipinski definition) is 8. The predicted molar refractivity (Wildman–Crippen MR) is 281 cm³/mol. The Morgan fingerprint density at radius 3 is 1.30 bits per heavy atom. The molecule has 0 rings (SSSR count). The largest absolute Gasteiger partial charge is 0.480 e. The van der Waals surface area contributed by atoms with E-state index in [1.807, 2.05) is 0 Å². The first kappa shape index (κ1) is 64.9. The summed E-state index contributed by atoms with van der Waals surface area (Å²) >= 11 is 0. The first-order valence-electron chi connectivity index (χ1n) is 27.7. The summed E-state index contributed by atoms with van der Waals surface area (Å²) in [5.74, 6) is -1.78. The lowest BCUT2D eigenvalue weighted by molar-refractivity contribution is -0.154. The topological polar surface area (TPSA) is 155 Å². The molecule has 67 heavy (non-hydrogen) atoms. The van der Waals surface area contributed by atoms with Crippen molar-refractivity contribution in [3.05, 3.63) is 48.6 Å². The molecule has 0 saturated heterocycles. The maximum absolute atomic E-state index is 12.7. The van der Waals surface area contributed by atoms with Crippen LogP contribution in [0.1, 0.15) is 258 Å². The minimum atomic E-state index is -4.63. The van der Waals surface area contributed by atoms with Crippen molar-refractivity contribution in [2.75, 3.05) is 26.4 Å². The normalized spacial score (nSPS) is 14.0. The van der Waals surface area contributed by atoms with E-state index < -0.39 is 45.1 Å². The van der Waals surface area contributed by atoms with E-state index in [0.717, 1.165) is 70.6 Å². The standard InChI is InChI=1S/C56H104NO9P/c1-3-5-7-9-11-13-15-17-19-21-23-25-26-27-29-31-33-35-37-39-41-43-45-47-49-63-50-53(51-64-67(61,62)65-52-54(57)56(59)60)66-55(58)48-46-44-42-40-38-36-34-32-30-28-24-22-20-18-16-14-12-10-8-6-4-2/h6,8,12,14,18,20,24,28,53-54H,3-5,7,9-11,13,15-17,19,21-23,25-27,29-52,57H2,1-2H3,(H,59,60)(H,61,62)/b8-6-,14-12-,20-18-,28-24-. The Morgan fingerprint density at radius 2 is 0.866 bits per heavy atom. The van der Waals surface area contributed by atoms with E-state index in [1.165, 1.54) is 161 Å². The highest BCUT2D eigenvalue weighted by Crippen LogP contribution is 2.43. The van der Waals surface area contributed by atoms with Crippen LogP contribution in [-0.4, -0.2) is 60.5 Å². The summed E-state index contributed by atoms with van der Waals surface area (Å²) in [7, 11) is -4.63. The number of nitrogens with two attached hydrogens (primary N) is 1. The number of carboxylic acid groups (broad SMARTS) is 1. The van der Waals surface area contributed by atoms with Crippen molar-refractivity contribution in [3.8, 4) is 0 Å². The molecule has 0 saturated carbocycles. The molecule has 0 fully saturated rings. The highest BCUT2D eigenvalue weighted by molar-refractivity contribution is 7.47. The molecule has 0 aliphatic carbocycles. The lowest BCUT2D eigenvalue weighted by atomic mass is 10.0. The van der Waals surface area contributed by atoms with Crippen LogP contribution < -0.4 is 5.73 Å². The average Bonchev–Trinajstić information content (AvgIpc) is 3.31. The Morgan fingerprint density at radius 1 is 0.493 bits per heavy atom. The summed E-state index contributed by atoms with van der Waals surface area (Å²) in [6, 6.07) is -1.48. The van der Waals surface area contributed by atoms with Gasteiger partial charge in [0.2, 0.25) is 0 Å². The zero-order valence-electron chi connectivity index (χ0n) is 43.2. The molecule has 3 unspecified atom stereocenters. The highest BCUT2D eigenvalue weighted by Gasteiger charge is 2.27. The average molecular weight is 966 g/mol. The number of allylic oxidation sites excluding steroid dienone is 8. The number of ether oxygens (including phenoxy) is 2. The number of carbonyl (C=O) groups is 2. The minimum Gasteiger partial charge on any atom is -0.480 e. The minimum absolute atomic E-state index is 0.0159. The number of aliphatic carboxylic acids is 1. The number of rotatable bonds is 53. The SMILES string of the molecule is CC/C=C\C/C=C\C/C=C\C/C=C\CCCCCCCCCCC(=O)OC(COCCCCCCCCCCCCCCCCCCCCCCCCCC)COP(=O)(O)OCC(N)C(=O)O. The zero-order chi connectivity index (χ0) is 49.0. The van der Waals surface area contributed by atoms with Crippen molar-refractivity contribution in [1.82, 2.24) is 0 Å². The van der Waals surface area contributed by atoms with Gasteiger partial charge in [-0.1, -0.05) is 249 Å². The molecule has 3 atom stereocenters. The van der Waals surface area contributed by atoms with Gasteiger partial charge in [0.25, 0.3) is 0 Å². The third-order valence-electron chi connectivity index (χ3n) is 12.1. The molecule has 0 heterocycles. The van der Waals surface area contributed by atoms with Gasteiger partial charge in [-0.3, -0.25) is 18.6 Å². The van der Waals surface area contributed by atoms with Crippen molar-refractivity contribution < 1.29 is 42.7 Å². The molecule has 392 valence electrons. The molecule has 11 heteroatoms. The smallest absolute Gasteiger partial charge is 0.472 e. The van der Waals surface area contributed by atoms with Crippen molar-refractivity contribution >= 4 is 19.8 Å². The monoisotopic (exact) mass is 966 g/mol. The van der Waals surface area contributed by atoms with E-state index in [2.05, 4.69) is 62.5 Å². The quantitative estimate of drug-likeness (QED) is 0.0232. The van der Waals surface area contributed by atoms with E-state index >= 15 is 0 Å². The molecule has 0 spiro atoms. The molecule has 0 radical (unpaired) electrons. The fourth-order valence-electron chi connectivity index (χ4n) is 7.89. The summed E-state index contributed by atoms with van der Waals surface area (Å²) in [4.78, 5) is 33.8. The first-order chi connectivity index (χ1) is 32.7. The molecular weight excluding hydrogens is 862 g/mol. The lowest BCUT2D eigenvalue weighted by Gasteiger charge is -2.20. The number of carboxylic acids is 1. The Balaban J connectivity index is 4.08. The maximum atomic E-state index is 12.7. The predicted octanol–water partition coefficient (Wildman–Crippen LogP) is 16.5. The van der Waals surface area contributed by atoms with Crippen LogP contribution in [0.25, 0.3) is 0 Å². The molecule has 10 nitrogen and oxygen atoms in total. The fraction of sp³-hybridized carbons (Fsp3) is 0.821. The van der Waals surface area contributed by atoms with E-state index in [1.54, 1.807) is 0 Å². The summed E-state index contributed by atoms with van der Waals surface area (Å²) in [5, 5.41) is 8.94. The Kier molecular flexibility index (Phi) is 50.2. The third-order valence-corrected chi connectivity index (χ3v) is 13.1. The number of phosphoric acid groups is 1. The van der Waals surface area contributed by atoms with E-state index in [-0.39, 0.29) is 13.0 Å². The molecule has 0 aromatic carbocycles. The van der Waals surface area contributed by atoms with E-state index in [0.29, 0.717) is 13.0 Å². The second-order valence-corrected chi connectivity index (χ2v) is 20.1. The van der Waals surface area contributed by atoms with Crippen LogP contribution in [0.4, 0.5) is 0 Å². The zero-order valence-corrected chi connectivity index (χ0v) is 44.1. The van der Waals surface area contributed by atoms with Crippen molar-refractivity contribution in [1.29, 1.82) is 0 Å². The van der Waals surface area contributed by atoms with Gasteiger partial charge in [0, 0.05) is 13.0 Å². The van der Waals surface area contributed by atoms with Crippen molar-refractivity contribution in [2.45, 2.75) is 270 Å². The highest BCUT2D eigenvalue weighted by atomic mass is 31.2. The summed E-state index contributed by atoms with van der Waals surface area (Å²) < 4.78 is 33.6. The summed E-state index contributed by atoms with van der Waals surface area (Å²) in [6.07, 6.45) is 63.2.